The number of carbonyl (C=O) groups excluding carboxylic acids is 1. The van der Waals surface area contributed by atoms with Crippen LogP contribution >= 0.6 is 0 Å². The van der Waals surface area contributed by atoms with E-state index in [9.17, 15) is 13.6 Å². The summed E-state index contributed by atoms with van der Waals surface area (Å²) in [5.74, 6) is -2.85. The van der Waals surface area contributed by atoms with Crippen molar-refractivity contribution in [2.24, 2.45) is 0 Å². The van der Waals surface area contributed by atoms with E-state index in [1.807, 2.05) is 11.8 Å². The summed E-state index contributed by atoms with van der Waals surface area (Å²) in [6, 6.07) is 3.48. The second kappa shape index (κ2) is 6.35. The highest BCUT2D eigenvalue weighted by atomic mass is 19.3. The predicted molar refractivity (Wildman–Crippen MR) is 99.2 cm³/mol. The maximum Gasteiger partial charge on any atom is 0.412 e. The number of hydrogen-bond acceptors (Lipinski definition) is 6. The lowest BCUT2D eigenvalue weighted by molar-refractivity contribution is 0.00757. The summed E-state index contributed by atoms with van der Waals surface area (Å²) >= 11 is 0. The van der Waals surface area contributed by atoms with Crippen molar-refractivity contribution < 1.29 is 18.3 Å². The molecule has 0 radical (unpaired) electrons. The minimum absolute atomic E-state index is 0.0294. The van der Waals surface area contributed by atoms with Crippen molar-refractivity contribution in [2.75, 3.05) is 23.9 Å². The average molecular weight is 389 g/mol. The van der Waals surface area contributed by atoms with Crippen LogP contribution in [0.3, 0.4) is 0 Å². The minimum Gasteiger partial charge on any atom is -0.453 e. The van der Waals surface area contributed by atoms with E-state index in [1.165, 1.54) is 7.11 Å². The van der Waals surface area contributed by atoms with Gasteiger partial charge in [0, 0.05) is 48.5 Å². The molecule has 3 heterocycles. The molecule has 148 valence electrons. The molecule has 2 aromatic rings. The number of aryl methyl sites for hydroxylation is 1. The van der Waals surface area contributed by atoms with Crippen molar-refractivity contribution >= 4 is 23.4 Å². The van der Waals surface area contributed by atoms with Gasteiger partial charge in [-0.3, -0.25) is 5.32 Å². The minimum atomic E-state index is -3.13. The second-order valence-corrected chi connectivity index (χ2v) is 7.35. The smallest absolute Gasteiger partial charge is 0.412 e. The molecular formula is C19H21F2N5O2. The van der Waals surface area contributed by atoms with Gasteiger partial charge >= 0.3 is 12.0 Å². The first kappa shape index (κ1) is 18.5. The van der Waals surface area contributed by atoms with Crippen LogP contribution < -0.4 is 10.2 Å². The third-order valence-corrected chi connectivity index (χ3v) is 5.27. The Hall–Kier alpha value is -2.84. The van der Waals surface area contributed by atoms with E-state index in [-0.39, 0.29) is 5.41 Å². The Kier molecular flexibility index (Phi) is 4.20. The summed E-state index contributed by atoms with van der Waals surface area (Å²) in [6.07, 6.45) is 3.65. The van der Waals surface area contributed by atoms with Crippen LogP contribution in [0.15, 0.2) is 18.3 Å². The van der Waals surface area contributed by atoms with E-state index in [4.69, 9.17) is 0 Å². The molecule has 0 bridgehead atoms. The molecule has 1 fully saturated rings. The van der Waals surface area contributed by atoms with Crippen LogP contribution in [0.5, 0.6) is 0 Å². The maximum absolute atomic E-state index is 13.9. The first-order valence-electron chi connectivity index (χ1n) is 9.15. The normalized spacial score (nSPS) is 16.8. The summed E-state index contributed by atoms with van der Waals surface area (Å²) in [5, 5.41) is 2.55. The van der Waals surface area contributed by atoms with Crippen molar-refractivity contribution in [2.45, 2.75) is 44.4 Å². The number of halogens is 2. The van der Waals surface area contributed by atoms with Crippen molar-refractivity contribution in [3.63, 3.8) is 0 Å². The zero-order chi connectivity index (χ0) is 20.1. The van der Waals surface area contributed by atoms with Gasteiger partial charge < -0.3 is 9.64 Å². The number of amides is 1. The monoisotopic (exact) mass is 389 g/mol. The van der Waals surface area contributed by atoms with E-state index < -0.39 is 17.8 Å². The Morgan fingerprint density at radius 2 is 2.11 bits per heavy atom. The fourth-order valence-corrected chi connectivity index (χ4v) is 3.56. The Balaban J connectivity index is 1.78. The molecule has 1 N–H and O–H groups in total. The molecule has 0 saturated heterocycles. The number of carbonyl (C=O) groups is 1. The highest BCUT2D eigenvalue weighted by Gasteiger charge is 2.52. The van der Waals surface area contributed by atoms with Crippen molar-refractivity contribution in [3.8, 4) is 0 Å². The van der Waals surface area contributed by atoms with Crippen LogP contribution in [0, 0.1) is 0 Å². The van der Waals surface area contributed by atoms with Crippen LogP contribution in [0.1, 0.15) is 43.8 Å². The zero-order valence-electron chi connectivity index (χ0n) is 15.9. The average Bonchev–Trinajstić information content (AvgIpc) is 3.37. The lowest BCUT2D eigenvalue weighted by Gasteiger charge is -2.21. The van der Waals surface area contributed by atoms with Gasteiger partial charge in [0.15, 0.2) is 0 Å². The number of nitrogens with zero attached hydrogens (tertiary/aromatic N) is 4. The summed E-state index contributed by atoms with van der Waals surface area (Å²) in [4.78, 5) is 25.9. The third kappa shape index (κ3) is 3.14. The van der Waals surface area contributed by atoms with Gasteiger partial charge in [0.2, 0.25) is 5.82 Å². The summed E-state index contributed by atoms with van der Waals surface area (Å²) in [5.41, 5.74) is 2.38. The molecule has 2 aliphatic rings. The van der Waals surface area contributed by atoms with Gasteiger partial charge in [-0.15, -0.1) is 0 Å². The van der Waals surface area contributed by atoms with Gasteiger partial charge in [-0.1, -0.05) is 6.92 Å². The number of methoxy groups -OCH3 is 1. The first-order chi connectivity index (χ1) is 13.3. The number of anilines is 3. The Labute approximate surface area is 161 Å². The molecule has 0 aromatic carbocycles. The SMILES string of the molecule is CCc1cc(N2CC3(CC3)c3cnc(NC(=O)OC)cc32)nc(C(C)(F)F)n1. The molecule has 7 nitrogen and oxygen atoms in total. The van der Waals surface area contributed by atoms with Crippen LogP contribution in [-0.2, 0) is 22.5 Å². The Morgan fingerprint density at radius 3 is 2.71 bits per heavy atom. The van der Waals surface area contributed by atoms with Crippen molar-refractivity contribution in [1.82, 2.24) is 15.0 Å². The molecule has 1 spiro atoms. The van der Waals surface area contributed by atoms with Crippen LogP contribution in [0.2, 0.25) is 0 Å². The second-order valence-electron chi connectivity index (χ2n) is 7.35. The van der Waals surface area contributed by atoms with Gasteiger partial charge in [0.1, 0.15) is 11.6 Å². The number of ether oxygens (including phenoxy) is 1. The lowest BCUT2D eigenvalue weighted by atomic mass is 10.0. The lowest BCUT2D eigenvalue weighted by Crippen LogP contribution is -2.23. The van der Waals surface area contributed by atoms with Gasteiger partial charge in [-0.05, 0) is 19.3 Å². The van der Waals surface area contributed by atoms with Crippen molar-refractivity contribution in [1.29, 1.82) is 0 Å². The molecule has 1 saturated carbocycles. The summed E-state index contributed by atoms with van der Waals surface area (Å²) < 4.78 is 32.5. The van der Waals surface area contributed by atoms with Crippen LogP contribution in [-0.4, -0.2) is 34.7 Å². The quantitative estimate of drug-likeness (QED) is 0.854. The van der Waals surface area contributed by atoms with Crippen LogP contribution in [0.4, 0.5) is 30.9 Å². The first-order valence-corrected chi connectivity index (χ1v) is 9.15. The molecule has 1 aliphatic carbocycles. The number of fused-ring (bicyclic) bond motifs is 2. The van der Waals surface area contributed by atoms with E-state index >= 15 is 0 Å². The standard InChI is InChI=1S/C19H21F2N5O2/c1-4-11-7-15(25-16(23-11)18(2,20)21)26-10-19(5-6-19)12-9-22-14(8-13(12)26)24-17(27)28-3/h7-9H,4-6,10H2,1-3H3,(H,22,24,27). The van der Waals surface area contributed by atoms with Crippen molar-refractivity contribution in [3.05, 3.63) is 35.4 Å². The Bertz CT molecular complexity index is 940. The number of nitrogens with one attached hydrogen (secondary N) is 1. The fourth-order valence-electron chi connectivity index (χ4n) is 3.56. The van der Waals surface area contributed by atoms with Gasteiger partial charge in [-0.25, -0.2) is 19.7 Å². The molecule has 1 aliphatic heterocycles. The Morgan fingerprint density at radius 1 is 1.36 bits per heavy atom. The van der Waals surface area contributed by atoms with E-state index in [1.54, 1.807) is 18.3 Å². The van der Waals surface area contributed by atoms with Crippen LogP contribution in [0.25, 0.3) is 0 Å². The van der Waals surface area contributed by atoms with E-state index in [0.29, 0.717) is 30.3 Å². The molecular weight excluding hydrogens is 368 g/mol. The number of pyridine rings is 1. The van der Waals surface area contributed by atoms with Gasteiger partial charge in [-0.2, -0.15) is 8.78 Å². The highest BCUT2D eigenvalue weighted by molar-refractivity contribution is 5.85. The number of aromatic nitrogens is 3. The summed E-state index contributed by atoms with van der Waals surface area (Å²) in [6.45, 7) is 3.31. The summed E-state index contributed by atoms with van der Waals surface area (Å²) in [7, 11) is 1.27. The molecule has 0 unspecified atom stereocenters. The highest BCUT2D eigenvalue weighted by Crippen LogP contribution is 2.58. The number of rotatable bonds is 4. The molecule has 28 heavy (non-hydrogen) atoms. The molecule has 9 heteroatoms. The molecule has 4 rings (SSSR count). The van der Waals surface area contributed by atoms with Gasteiger partial charge in [0.25, 0.3) is 0 Å². The zero-order valence-corrected chi connectivity index (χ0v) is 15.9. The van der Waals surface area contributed by atoms with Gasteiger partial charge in [0.05, 0.1) is 12.8 Å². The van der Waals surface area contributed by atoms with E-state index in [0.717, 1.165) is 31.0 Å². The molecule has 2 aromatic heterocycles. The fraction of sp³-hybridized carbons (Fsp3) is 0.474. The maximum atomic E-state index is 13.9. The molecule has 1 amide bonds. The predicted octanol–water partition coefficient (Wildman–Crippen LogP) is 3.91. The number of alkyl halides is 2. The van der Waals surface area contributed by atoms with E-state index in [2.05, 4.69) is 25.0 Å². The topological polar surface area (TPSA) is 80.2 Å². The third-order valence-electron chi connectivity index (χ3n) is 5.27. The largest absolute Gasteiger partial charge is 0.453 e. The molecule has 0 atom stereocenters. The number of hydrogen-bond donors (Lipinski definition) is 1.